The van der Waals surface area contributed by atoms with E-state index >= 15 is 0 Å². The molecule has 19 heavy (non-hydrogen) atoms. The van der Waals surface area contributed by atoms with Crippen molar-refractivity contribution in [2.75, 3.05) is 5.75 Å². The molecule has 0 radical (unpaired) electrons. The van der Waals surface area contributed by atoms with Crippen molar-refractivity contribution in [3.8, 4) is 11.3 Å². The second-order valence-electron chi connectivity index (χ2n) is 4.31. The van der Waals surface area contributed by atoms with Crippen molar-refractivity contribution in [1.82, 2.24) is 4.98 Å². The summed E-state index contributed by atoms with van der Waals surface area (Å²) in [6, 6.07) is 6.40. The minimum absolute atomic E-state index is 0.219. The average Bonchev–Trinajstić information content (AvgIpc) is 2.88. The topological polar surface area (TPSA) is 52.0 Å². The number of oxazole rings is 1. The molecule has 0 saturated heterocycles. The quantitative estimate of drug-likeness (QED) is 0.880. The summed E-state index contributed by atoms with van der Waals surface area (Å²) in [6.45, 7) is 2.07. The molecule has 1 heterocycles. The van der Waals surface area contributed by atoms with Gasteiger partial charge in [0, 0.05) is 17.4 Å². The highest BCUT2D eigenvalue weighted by atomic mass is 32.2. The molecule has 2 rings (SSSR count). The number of thioether (sulfide) groups is 1. The van der Waals surface area contributed by atoms with E-state index < -0.39 is 0 Å². The third kappa shape index (κ3) is 4.08. The molecule has 1 unspecified atom stereocenters. The van der Waals surface area contributed by atoms with Crippen LogP contribution in [-0.4, -0.2) is 16.8 Å². The SMILES string of the molecule is CCC(N)CSCc1ncc(-c2ccc(F)cc2)o1. The van der Waals surface area contributed by atoms with Crippen LogP contribution in [0.3, 0.4) is 0 Å². The van der Waals surface area contributed by atoms with Crippen LogP contribution in [0.1, 0.15) is 19.2 Å². The summed E-state index contributed by atoms with van der Waals surface area (Å²) in [6.07, 6.45) is 2.64. The Morgan fingerprint density at radius 3 is 2.79 bits per heavy atom. The van der Waals surface area contributed by atoms with Crippen LogP contribution in [0.25, 0.3) is 11.3 Å². The Hall–Kier alpha value is -1.33. The van der Waals surface area contributed by atoms with E-state index in [0.29, 0.717) is 17.4 Å². The number of halogens is 1. The zero-order valence-electron chi connectivity index (χ0n) is 10.8. The van der Waals surface area contributed by atoms with Crippen LogP contribution >= 0.6 is 11.8 Å². The molecule has 1 aromatic carbocycles. The number of rotatable bonds is 6. The highest BCUT2D eigenvalue weighted by Crippen LogP contribution is 2.22. The Morgan fingerprint density at radius 2 is 2.11 bits per heavy atom. The van der Waals surface area contributed by atoms with Crippen molar-refractivity contribution in [3.63, 3.8) is 0 Å². The van der Waals surface area contributed by atoms with E-state index in [0.717, 1.165) is 17.7 Å². The summed E-state index contributed by atoms with van der Waals surface area (Å²) in [4.78, 5) is 4.22. The first kappa shape index (κ1) is 14.1. The van der Waals surface area contributed by atoms with Crippen molar-refractivity contribution in [3.05, 3.63) is 42.2 Å². The highest BCUT2D eigenvalue weighted by Gasteiger charge is 2.07. The lowest BCUT2D eigenvalue weighted by Crippen LogP contribution is -2.21. The Kier molecular flexibility index (Phi) is 4.99. The molecule has 2 N–H and O–H groups in total. The van der Waals surface area contributed by atoms with Crippen LogP contribution in [0.15, 0.2) is 34.9 Å². The van der Waals surface area contributed by atoms with Crippen molar-refractivity contribution in [2.24, 2.45) is 5.73 Å². The van der Waals surface area contributed by atoms with Gasteiger partial charge in [-0.25, -0.2) is 9.37 Å². The molecule has 102 valence electrons. The van der Waals surface area contributed by atoms with Gasteiger partial charge in [0.1, 0.15) is 5.82 Å². The fraction of sp³-hybridized carbons (Fsp3) is 0.357. The third-order valence-electron chi connectivity index (χ3n) is 2.76. The number of hydrogen-bond donors (Lipinski definition) is 1. The van der Waals surface area contributed by atoms with Crippen LogP contribution in [0, 0.1) is 5.82 Å². The van der Waals surface area contributed by atoms with E-state index in [9.17, 15) is 4.39 Å². The zero-order valence-corrected chi connectivity index (χ0v) is 11.6. The van der Waals surface area contributed by atoms with E-state index in [1.807, 2.05) is 0 Å². The summed E-state index contributed by atoms with van der Waals surface area (Å²) in [5, 5.41) is 0. The molecule has 0 saturated carbocycles. The van der Waals surface area contributed by atoms with Gasteiger partial charge in [-0.3, -0.25) is 0 Å². The second kappa shape index (κ2) is 6.73. The number of nitrogens with zero attached hydrogens (tertiary/aromatic N) is 1. The maximum Gasteiger partial charge on any atom is 0.204 e. The summed E-state index contributed by atoms with van der Waals surface area (Å²) in [5.41, 5.74) is 6.67. The van der Waals surface area contributed by atoms with Gasteiger partial charge in [-0.2, -0.15) is 11.8 Å². The molecule has 0 aliphatic heterocycles. The summed E-state index contributed by atoms with van der Waals surface area (Å²) < 4.78 is 18.5. The molecule has 3 nitrogen and oxygen atoms in total. The van der Waals surface area contributed by atoms with Gasteiger partial charge in [0.15, 0.2) is 5.76 Å². The molecule has 1 atom stereocenters. The standard InChI is InChI=1S/C14H17FN2OS/c1-2-12(16)8-19-9-14-17-7-13(18-14)10-3-5-11(15)6-4-10/h3-7,12H,2,8-9,16H2,1H3. The number of hydrogen-bond acceptors (Lipinski definition) is 4. The first-order valence-electron chi connectivity index (χ1n) is 6.23. The van der Waals surface area contributed by atoms with E-state index in [2.05, 4.69) is 11.9 Å². The second-order valence-corrected chi connectivity index (χ2v) is 5.34. The molecule has 2 aromatic rings. The molecule has 0 bridgehead atoms. The first-order chi connectivity index (χ1) is 9.19. The molecule has 0 amide bonds. The normalized spacial score (nSPS) is 12.6. The van der Waals surface area contributed by atoms with E-state index in [-0.39, 0.29) is 11.9 Å². The molecule has 0 spiro atoms. The zero-order chi connectivity index (χ0) is 13.7. The van der Waals surface area contributed by atoms with Gasteiger partial charge in [0.05, 0.1) is 11.9 Å². The maximum absolute atomic E-state index is 12.8. The van der Waals surface area contributed by atoms with Gasteiger partial charge in [0.25, 0.3) is 0 Å². The van der Waals surface area contributed by atoms with Crippen LogP contribution in [0.5, 0.6) is 0 Å². The fourth-order valence-electron chi connectivity index (χ4n) is 1.54. The third-order valence-corrected chi connectivity index (χ3v) is 3.88. The predicted molar refractivity (Wildman–Crippen MR) is 76.3 cm³/mol. The Bertz CT molecular complexity index is 512. The van der Waals surface area contributed by atoms with E-state index in [1.165, 1.54) is 12.1 Å². The Labute approximate surface area is 116 Å². The summed E-state index contributed by atoms with van der Waals surface area (Å²) in [5.74, 6) is 2.68. The number of nitrogens with two attached hydrogens (primary N) is 1. The molecule has 0 fully saturated rings. The van der Waals surface area contributed by atoms with Crippen molar-refractivity contribution in [2.45, 2.75) is 25.1 Å². The Balaban J connectivity index is 1.93. The van der Waals surface area contributed by atoms with Gasteiger partial charge in [-0.15, -0.1) is 0 Å². The number of benzene rings is 1. The Morgan fingerprint density at radius 1 is 1.37 bits per heavy atom. The maximum atomic E-state index is 12.8. The smallest absolute Gasteiger partial charge is 0.204 e. The predicted octanol–water partition coefficient (Wildman–Crippen LogP) is 3.45. The van der Waals surface area contributed by atoms with Crippen molar-refractivity contribution in [1.29, 1.82) is 0 Å². The molecular weight excluding hydrogens is 263 g/mol. The van der Waals surface area contributed by atoms with Crippen LogP contribution in [-0.2, 0) is 5.75 Å². The molecule has 0 aliphatic rings. The minimum atomic E-state index is -0.257. The molecule has 0 aliphatic carbocycles. The summed E-state index contributed by atoms with van der Waals surface area (Å²) >= 11 is 1.71. The van der Waals surface area contributed by atoms with Gasteiger partial charge >= 0.3 is 0 Å². The number of aromatic nitrogens is 1. The average molecular weight is 280 g/mol. The van der Waals surface area contributed by atoms with E-state index in [4.69, 9.17) is 10.2 Å². The van der Waals surface area contributed by atoms with Crippen molar-refractivity contribution >= 4 is 11.8 Å². The van der Waals surface area contributed by atoms with Gasteiger partial charge in [0.2, 0.25) is 5.89 Å². The van der Waals surface area contributed by atoms with E-state index in [1.54, 1.807) is 30.1 Å². The molecular formula is C14H17FN2OS. The molecule has 1 aromatic heterocycles. The van der Waals surface area contributed by atoms with Crippen LogP contribution in [0.4, 0.5) is 4.39 Å². The van der Waals surface area contributed by atoms with Gasteiger partial charge in [-0.05, 0) is 30.7 Å². The monoisotopic (exact) mass is 280 g/mol. The minimum Gasteiger partial charge on any atom is -0.440 e. The van der Waals surface area contributed by atoms with Crippen LogP contribution in [0.2, 0.25) is 0 Å². The van der Waals surface area contributed by atoms with Gasteiger partial charge < -0.3 is 10.2 Å². The van der Waals surface area contributed by atoms with Crippen molar-refractivity contribution < 1.29 is 8.81 Å². The fourth-order valence-corrected chi connectivity index (χ4v) is 2.50. The summed E-state index contributed by atoms with van der Waals surface area (Å²) in [7, 11) is 0. The highest BCUT2D eigenvalue weighted by molar-refractivity contribution is 7.98. The van der Waals surface area contributed by atoms with Crippen LogP contribution < -0.4 is 5.73 Å². The van der Waals surface area contributed by atoms with Gasteiger partial charge in [-0.1, -0.05) is 6.92 Å². The lowest BCUT2D eigenvalue weighted by Gasteiger charge is -2.05. The molecule has 5 heteroatoms. The largest absolute Gasteiger partial charge is 0.440 e. The lowest BCUT2D eigenvalue weighted by atomic mass is 10.2. The lowest BCUT2D eigenvalue weighted by molar-refractivity contribution is 0.529. The first-order valence-corrected chi connectivity index (χ1v) is 7.38.